The van der Waals surface area contributed by atoms with Crippen LogP contribution in [-0.4, -0.2) is 55.5 Å². The van der Waals surface area contributed by atoms with Crippen LogP contribution in [0.15, 0.2) is 42.6 Å². The summed E-state index contributed by atoms with van der Waals surface area (Å²) in [6.45, 7) is 1.74. The number of nitrogens with two attached hydrogens (primary N) is 1. The number of hydrogen-bond acceptors (Lipinski definition) is 5. The predicted octanol–water partition coefficient (Wildman–Crippen LogP) is 1.50. The maximum atomic E-state index is 13.4. The standard InChI is InChI=1S/C25H26N6O3/c1-13-7-17-21(11-27-13)30(29-23(17)24(26)33)12-22(32)31-19-8-15(19)9-20(31)25(34)28-18-10-16(18)14-5-3-2-4-6-14/h2-7,11,15-16,18-20H,8-10,12H2,1H3,(H2,26,33)(H,28,34)/t15-,16+,18-,19-,20+/m1/s1. The lowest BCUT2D eigenvalue weighted by Crippen LogP contribution is -2.49. The van der Waals surface area contributed by atoms with Crippen molar-refractivity contribution in [2.24, 2.45) is 11.7 Å². The second kappa shape index (κ2) is 7.65. The molecule has 3 fully saturated rings. The van der Waals surface area contributed by atoms with Crippen molar-refractivity contribution in [3.8, 4) is 0 Å². The van der Waals surface area contributed by atoms with Gasteiger partial charge in [0.1, 0.15) is 12.6 Å². The first kappa shape index (κ1) is 20.8. The Hall–Kier alpha value is -3.75. The third-order valence-corrected chi connectivity index (χ3v) is 7.33. The molecule has 3 aliphatic rings. The molecule has 3 N–H and O–H groups in total. The highest BCUT2D eigenvalue weighted by atomic mass is 16.2. The van der Waals surface area contributed by atoms with Crippen molar-refractivity contribution in [2.45, 2.75) is 56.8 Å². The van der Waals surface area contributed by atoms with E-state index >= 15 is 0 Å². The molecular weight excluding hydrogens is 432 g/mol. The average molecular weight is 459 g/mol. The van der Waals surface area contributed by atoms with Gasteiger partial charge in [0, 0.05) is 29.1 Å². The second-order valence-electron chi connectivity index (χ2n) is 9.70. The van der Waals surface area contributed by atoms with Crippen LogP contribution in [0.25, 0.3) is 10.9 Å². The zero-order valence-corrected chi connectivity index (χ0v) is 18.8. The summed E-state index contributed by atoms with van der Waals surface area (Å²) in [5, 5.41) is 8.05. The van der Waals surface area contributed by atoms with Gasteiger partial charge in [-0.25, -0.2) is 0 Å². The van der Waals surface area contributed by atoms with Crippen molar-refractivity contribution in [3.05, 3.63) is 59.5 Å². The van der Waals surface area contributed by atoms with E-state index < -0.39 is 11.9 Å². The van der Waals surface area contributed by atoms with Crippen LogP contribution < -0.4 is 11.1 Å². The highest BCUT2D eigenvalue weighted by molar-refractivity contribution is 6.04. The molecule has 2 saturated carbocycles. The molecule has 1 aliphatic heterocycles. The molecule has 2 aromatic heterocycles. The maximum absolute atomic E-state index is 13.4. The lowest BCUT2D eigenvalue weighted by atomic mass is 10.1. The lowest BCUT2D eigenvalue weighted by Gasteiger charge is -2.27. The lowest BCUT2D eigenvalue weighted by molar-refractivity contribution is -0.140. The summed E-state index contributed by atoms with van der Waals surface area (Å²) in [7, 11) is 0. The Labute approximate surface area is 196 Å². The van der Waals surface area contributed by atoms with Crippen LogP contribution in [0.2, 0.25) is 0 Å². The molecule has 5 atom stereocenters. The number of aromatic nitrogens is 3. The quantitative estimate of drug-likeness (QED) is 0.580. The molecule has 1 saturated heterocycles. The Morgan fingerprint density at radius 3 is 2.71 bits per heavy atom. The number of hydrogen-bond donors (Lipinski definition) is 2. The van der Waals surface area contributed by atoms with Gasteiger partial charge in [-0.15, -0.1) is 0 Å². The smallest absolute Gasteiger partial charge is 0.269 e. The van der Waals surface area contributed by atoms with Crippen molar-refractivity contribution < 1.29 is 14.4 Å². The molecule has 0 unspecified atom stereocenters. The van der Waals surface area contributed by atoms with Crippen LogP contribution in [0.1, 0.15) is 46.9 Å². The third-order valence-electron chi connectivity index (χ3n) is 7.33. The van der Waals surface area contributed by atoms with Crippen LogP contribution in [0, 0.1) is 12.8 Å². The summed E-state index contributed by atoms with van der Waals surface area (Å²) >= 11 is 0. The summed E-state index contributed by atoms with van der Waals surface area (Å²) in [5.41, 5.74) is 8.16. The zero-order chi connectivity index (χ0) is 23.6. The van der Waals surface area contributed by atoms with E-state index in [4.69, 9.17) is 5.73 Å². The number of pyridine rings is 1. The Morgan fingerprint density at radius 1 is 1.15 bits per heavy atom. The van der Waals surface area contributed by atoms with Crippen LogP contribution >= 0.6 is 0 Å². The summed E-state index contributed by atoms with van der Waals surface area (Å²) in [6.07, 6.45) is 4.14. The van der Waals surface area contributed by atoms with E-state index in [1.165, 1.54) is 10.2 Å². The minimum Gasteiger partial charge on any atom is -0.364 e. The van der Waals surface area contributed by atoms with E-state index in [1.807, 2.05) is 25.1 Å². The van der Waals surface area contributed by atoms with E-state index in [-0.39, 0.29) is 36.1 Å². The third kappa shape index (κ3) is 3.52. The molecule has 6 rings (SSSR count). The van der Waals surface area contributed by atoms with E-state index in [1.54, 1.807) is 17.2 Å². The summed E-state index contributed by atoms with van der Waals surface area (Å²) in [4.78, 5) is 44.5. The van der Waals surface area contributed by atoms with Gasteiger partial charge in [-0.3, -0.25) is 24.0 Å². The molecular formula is C25H26N6O3. The number of carbonyl (C=O) groups is 3. The summed E-state index contributed by atoms with van der Waals surface area (Å²) < 4.78 is 1.47. The molecule has 0 spiro atoms. The monoisotopic (exact) mass is 458 g/mol. The van der Waals surface area contributed by atoms with Gasteiger partial charge in [-0.05, 0) is 43.7 Å². The number of piperidine rings is 1. The zero-order valence-electron chi connectivity index (χ0n) is 18.8. The maximum Gasteiger partial charge on any atom is 0.269 e. The number of aryl methyl sites for hydroxylation is 1. The van der Waals surface area contributed by atoms with E-state index in [0.29, 0.717) is 29.2 Å². The van der Waals surface area contributed by atoms with Gasteiger partial charge in [0.05, 0.1) is 11.7 Å². The number of nitrogens with one attached hydrogen (secondary N) is 1. The van der Waals surface area contributed by atoms with Gasteiger partial charge in [0.15, 0.2) is 5.69 Å². The van der Waals surface area contributed by atoms with Crippen molar-refractivity contribution in [3.63, 3.8) is 0 Å². The number of amides is 3. The molecule has 1 aromatic carbocycles. The molecule has 3 aromatic rings. The van der Waals surface area contributed by atoms with Crippen molar-refractivity contribution in [1.29, 1.82) is 0 Å². The van der Waals surface area contributed by atoms with Gasteiger partial charge in [-0.1, -0.05) is 30.3 Å². The molecule has 3 amide bonds. The van der Waals surface area contributed by atoms with Crippen molar-refractivity contribution >= 4 is 28.6 Å². The van der Waals surface area contributed by atoms with Crippen LogP contribution in [0.3, 0.4) is 0 Å². The summed E-state index contributed by atoms with van der Waals surface area (Å²) in [6, 6.07) is 11.7. The number of likely N-dealkylation sites (tertiary alicyclic amines) is 1. The Balaban J connectivity index is 1.18. The minimum absolute atomic E-state index is 0.0718. The fourth-order valence-electron chi connectivity index (χ4n) is 5.44. The predicted molar refractivity (Wildman–Crippen MR) is 124 cm³/mol. The largest absolute Gasteiger partial charge is 0.364 e. The van der Waals surface area contributed by atoms with Gasteiger partial charge in [0.25, 0.3) is 5.91 Å². The summed E-state index contributed by atoms with van der Waals surface area (Å²) in [5.74, 6) is -0.196. The molecule has 0 radical (unpaired) electrons. The average Bonchev–Trinajstić information content (AvgIpc) is 3.70. The second-order valence-corrected chi connectivity index (χ2v) is 9.70. The van der Waals surface area contributed by atoms with Gasteiger partial charge in [0.2, 0.25) is 11.8 Å². The van der Waals surface area contributed by atoms with Crippen LogP contribution in [-0.2, 0) is 16.1 Å². The topological polar surface area (TPSA) is 123 Å². The van der Waals surface area contributed by atoms with Crippen LogP contribution in [0.4, 0.5) is 0 Å². The molecule has 9 heteroatoms. The first-order valence-corrected chi connectivity index (χ1v) is 11.7. The van der Waals surface area contributed by atoms with Gasteiger partial charge in [-0.2, -0.15) is 5.10 Å². The first-order chi connectivity index (χ1) is 16.4. The number of primary amides is 1. The molecule has 3 heterocycles. The number of benzene rings is 1. The van der Waals surface area contributed by atoms with E-state index in [9.17, 15) is 14.4 Å². The van der Waals surface area contributed by atoms with Crippen molar-refractivity contribution in [2.75, 3.05) is 0 Å². The van der Waals surface area contributed by atoms with E-state index in [0.717, 1.165) is 18.5 Å². The Bertz CT molecular complexity index is 1320. The van der Waals surface area contributed by atoms with Crippen LogP contribution in [0.5, 0.6) is 0 Å². The Kier molecular flexibility index (Phi) is 4.68. The minimum atomic E-state index is -0.653. The highest BCUT2D eigenvalue weighted by Crippen LogP contribution is 2.48. The number of rotatable bonds is 6. The molecule has 0 bridgehead atoms. The molecule has 174 valence electrons. The number of nitrogens with zero attached hydrogens (tertiary/aromatic N) is 4. The highest BCUT2D eigenvalue weighted by Gasteiger charge is 2.56. The van der Waals surface area contributed by atoms with Gasteiger partial charge < -0.3 is 16.0 Å². The normalized spacial score (nSPS) is 26.9. The van der Waals surface area contributed by atoms with Gasteiger partial charge >= 0.3 is 0 Å². The number of carbonyl (C=O) groups excluding carboxylic acids is 3. The molecule has 34 heavy (non-hydrogen) atoms. The van der Waals surface area contributed by atoms with Crippen molar-refractivity contribution in [1.82, 2.24) is 25.0 Å². The first-order valence-electron chi connectivity index (χ1n) is 11.7. The fourth-order valence-corrected chi connectivity index (χ4v) is 5.44. The molecule has 9 nitrogen and oxygen atoms in total. The molecule has 2 aliphatic carbocycles. The fraction of sp³-hybridized carbons (Fsp3) is 0.400. The Morgan fingerprint density at radius 2 is 1.94 bits per heavy atom. The SMILES string of the molecule is Cc1cc2c(C(N)=O)nn(CC(=O)N3[C@@H]4C[C@@H]4C[C@H]3C(=O)N[C@@H]3C[C@H]3c3ccccc3)c2cn1. The number of fused-ring (bicyclic) bond motifs is 2. The van der Waals surface area contributed by atoms with E-state index in [2.05, 4.69) is 27.5 Å².